The summed E-state index contributed by atoms with van der Waals surface area (Å²) in [6.07, 6.45) is 6.17. The molecule has 1 unspecified atom stereocenters. The van der Waals surface area contributed by atoms with Crippen molar-refractivity contribution in [2.75, 3.05) is 6.54 Å². The standard InChI is InChI=1S/C10H19NO/c1-2-3-6-10(12)8-9-5-4-7-11-9/h9,11H,2-8H2,1H3. The van der Waals surface area contributed by atoms with Gasteiger partial charge in [0.2, 0.25) is 0 Å². The van der Waals surface area contributed by atoms with E-state index >= 15 is 0 Å². The SMILES string of the molecule is CCCCC(=O)CC1CCCN1. The van der Waals surface area contributed by atoms with E-state index in [-0.39, 0.29) is 0 Å². The third-order valence-electron chi connectivity index (χ3n) is 2.45. The number of Topliss-reactive ketones (excluding diaryl/α,β-unsaturated/α-hetero) is 1. The minimum atomic E-state index is 0.441. The maximum Gasteiger partial charge on any atom is 0.134 e. The smallest absolute Gasteiger partial charge is 0.134 e. The van der Waals surface area contributed by atoms with Crippen molar-refractivity contribution in [2.45, 2.75) is 51.5 Å². The zero-order valence-electron chi connectivity index (χ0n) is 7.94. The van der Waals surface area contributed by atoms with E-state index in [4.69, 9.17) is 0 Å². The molecule has 0 radical (unpaired) electrons. The molecule has 0 spiro atoms. The predicted octanol–water partition coefficient (Wildman–Crippen LogP) is 1.89. The van der Waals surface area contributed by atoms with Crippen molar-refractivity contribution in [2.24, 2.45) is 0 Å². The molecule has 0 saturated carbocycles. The van der Waals surface area contributed by atoms with Gasteiger partial charge in [-0.05, 0) is 25.8 Å². The molecule has 2 nitrogen and oxygen atoms in total. The second kappa shape index (κ2) is 5.31. The molecule has 1 atom stereocenters. The molecule has 1 aliphatic rings. The summed E-state index contributed by atoms with van der Waals surface area (Å²) in [5.74, 6) is 0.441. The third kappa shape index (κ3) is 3.35. The lowest BCUT2D eigenvalue weighted by atomic mass is 10.1. The molecule has 70 valence electrons. The highest BCUT2D eigenvalue weighted by atomic mass is 16.1. The molecule has 0 amide bonds. The fourth-order valence-corrected chi connectivity index (χ4v) is 1.68. The molecular formula is C10H19NO. The van der Waals surface area contributed by atoms with Crippen molar-refractivity contribution in [1.82, 2.24) is 5.32 Å². The maximum absolute atomic E-state index is 11.3. The molecule has 0 aromatic carbocycles. The molecule has 1 aliphatic heterocycles. The van der Waals surface area contributed by atoms with Crippen molar-refractivity contribution in [3.63, 3.8) is 0 Å². The average molecular weight is 169 g/mol. The fraction of sp³-hybridized carbons (Fsp3) is 0.900. The first-order chi connectivity index (χ1) is 5.83. The third-order valence-corrected chi connectivity index (χ3v) is 2.45. The summed E-state index contributed by atoms with van der Waals surface area (Å²) in [6, 6.07) is 0.495. The van der Waals surface area contributed by atoms with Crippen LogP contribution in [-0.4, -0.2) is 18.4 Å². The summed E-state index contributed by atoms with van der Waals surface area (Å²) in [5, 5.41) is 3.34. The van der Waals surface area contributed by atoms with E-state index in [2.05, 4.69) is 12.2 Å². The molecule has 1 rings (SSSR count). The van der Waals surface area contributed by atoms with Crippen LogP contribution in [0.5, 0.6) is 0 Å². The van der Waals surface area contributed by atoms with Gasteiger partial charge < -0.3 is 5.32 Å². The van der Waals surface area contributed by atoms with Gasteiger partial charge in [-0.1, -0.05) is 13.3 Å². The maximum atomic E-state index is 11.3. The summed E-state index contributed by atoms with van der Waals surface area (Å²) < 4.78 is 0. The molecule has 1 heterocycles. The van der Waals surface area contributed by atoms with E-state index in [0.29, 0.717) is 11.8 Å². The Hall–Kier alpha value is -0.370. The van der Waals surface area contributed by atoms with Crippen LogP contribution < -0.4 is 5.32 Å². The molecule has 2 heteroatoms. The summed E-state index contributed by atoms with van der Waals surface area (Å²) in [4.78, 5) is 11.3. The number of carbonyl (C=O) groups excluding carboxylic acids is 1. The van der Waals surface area contributed by atoms with Crippen molar-refractivity contribution < 1.29 is 4.79 Å². The van der Waals surface area contributed by atoms with Gasteiger partial charge >= 0.3 is 0 Å². The molecule has 1 fully saturated rings. The number of unbranched alkanes of at least 4 members (excludes halogenated alkanes) is 1. The number of ketones is 1. The highest BCUT2D eigenvalue weighted by molar-refractivity contribution is 5.78. The summed E-state index contributed by atoms with van der Waals surface area (Å²) >= 11 is 0. The minimum Gasteiger partial charge on any atom is -0.314 e. The van der Waals surface area contributed by atoms with E-state index in [9.17, 15) is 4.79 Å². The lowest BCUT2D eigenvalue weighted by Crippen LogP contribution is -2.24. The topological polar surface area (TPSA) is 29.1 Å². The van der Waals surface area contributed by atoms with Gasteiger partial charge in [-0.3, -0.25) is 4.79 Å². The van der Waals surface area contributed by atoms with Gasteiger partial charge in [-0.25, -0.2) is 0 Å². The van der Waals surface area contributed by atoms with Gasteiger partial charge in [0.25, 0.3) is 0 Å². The predicted molar refractivity (Wildman–Crippen MR) is 50.2 cm³/mol. The van der Waals surface area contributed by atoms with Crippen LogP contribution in [0.3, 0.4) is 0 Å². The first-order valence-electron chi connectivity index (χ1n) is 5.08. The quantitative estimate of drug-likeness (QED) is 0.681. The van der Waals surface area contributed by atoms with Crippen molar-refractivity contribution in [1.29, 1.82) is 0 Å². The van der Waals surface area contributed by atoms with Gasteiger partial charge in [-0.2, -0.15) is 0 Å². The molecule has 0 aromatic heterocycles. The van der Waals surface area contributed by atoms with E-state index < -0.39 is 0 Å². The Morgan fingerprint density at radius 3 is 3.00 bits per heavy atom. The molecule has 0 bridgehead atoms. The Morgan fingerprint density at radius 2 is 2.42 bits per heavy atom. The molecular weight excluding hydrogens is 150 g/mol. The largest absolute Gasteiger partial charge is 0.314 e. The lowest BCUT2D eigenvalue weighted by molar-refractivity contribution is -0.119. The number of rotatable bonds is 5. The van der Waals surface area contributed by atoms with Crippen LogP contribution in [0.1, 0.15) is 45.4 Å². The molecule has 1 N–H and O–H groups in total. The van der Waals surface area contributed by atoms with Crippen LogP contribution >= 0.6 is 0 Å². The highest BCUT2D eigenvalue weighted by Gasteiger charge is 2.16. The minimum absolute atomic E-state index is 0.441. The van der Waals surface area contributed by atoms with Crippen LogP contribution in [0.25, 0.3) is 0 Å². The van der Waals surface area contributed by atoms with E-state index in [1.54, 1.807) is 0 Å². The Bertz CT molecular complexity index is 139. The zero-order chi connectivity index (χ0) is 8.81. The number of hydrogen-bond donors (Lipinski definition) is 1. The van der Waals surface area contributed by atoms with Crippen molar-refractivity contribution in [3.8, 4) is 0 Å². The fourth-order valence-electron chi connectivity index (χ4n) is 1.68. The van der Waals surface area contributed by atoms with Crippen LogP contribution in [0, 0.1) is 0 Å². The Labute approximate surface area is 74.7 Å². The van der Waals surface area contributed by atoms with Gasteiger partial charge in [0, 0.05) is 18.9 Å². The van der Waals surface area contributed by atoms with Gasteiger partial charge in [0.05, 0.1) is 0 Å². The summed E-state index contributed by atoms with van der Waals surface area (Å²) in [6.45, 7) is 3.23. The summed E-state index contributed by atoms with van der Waals surface area (Å²) in [5.41, 5.74) is 0. The Kier molecular flexibility index (Phi) is 4.30. The normalized spacial score (nSPS) is 22.9. The average Bonchev–Trinajstić information content (AvgIpc) is 2.53. The monoisotopic (exact) mass is 169 g/mol. The van der Waals surface area contributed by atoms with E-state index in [1.807, 2.05) is 0 Å². The molecule has 0 aromatic rings. The second-order valence-corrected chi connectivity index (χ2v) is 3.64. The second-order valence-electron chi connectivity index (χ2n) is 3.64. The van der Waals surface area contributed by atoms with E-state index in [1.165, 1.54) is 12.8 Å². The van der Waals surface area contributed by atoms with Crippen LogP contribution in [0.2, 0.25) is 0 Å². The molecule has 1 saturated heterocycles. The molecule has 12 heavy (non-hydrogen) atoms. The highest BCUT2D eigenvalue weighted by Crippen LogP contribution is 2.10. The van der Waals surface area contributed by atoms with Gasteiger partial charge in [0.1, 0.15) is 5.78 Å². The van der Waals surface area contributed by atoms with Gasteiger partial charge in [-0.15, -0.1) is 0 Å². The van der Waals surface area contributed by atoms with Crippen LogP contribution in [0.4, 0.5) is 0 Å². The Balaban J connectivity index is 2.08. The lowest BCUT2D eigenvalue weighted by Gasteiger charge is -2.07. The number of hydrogen-bond acceptors (Lipinski definition) is 2. The molecule has 0 aliphatic carbocycles. The van der Waals surface area contributed by atoms with Gasteiger partial charge in [0.15, 0.2) is 0 Å². The summed E-state index contributed by atoms with van der Waals surface area (Å²) in [7, 11) is 0. The first-order valence-corrected chi connectivity index (χ1v) is 5.08. The number of carbonyl (C=O) groups is 1. The van der Waals surface area contributed by atoms with Crippen molar-refractivity contribution >= 4 is 5.78 Å². The van der Waals surface area contributed by atoms with E-state index in [0.717, 1.165) is 32.2 Å². The van der Waals surface area contributed by atoms with Crippen LogP contribution in [-0.2, 0) is 4.79 Å². The zero-order valence-corrected chi connectivity index (χ0v) is 7.94. The van der Waals surface area contributed by atoms with Crippen molar-refractivity contribution in [3.05, 3.63) is 0 Å². The Morgan fingerprint density at radius 1 is 1.58 bits per heavy atom. The first kappa shape index (κ1) is 9.72. The number of nitrogens with one attached hydrogen (secondary N) is 1. The van der Waals surface area contributed by atoms with Crippen LogP contribution in [0.15, 0.2) is 0 Å².